The van der Waals surface area contributed by atoms with Gasteiger partial charge >= 0.3 is 0 Å². The molecule has 0 spiro atoms. The maximum Gasteiger partial charge on any atom is 0.121 e. The van der Waals surface area contributed by atoms with Crippen molar-refractivity contribution >= 4 is 5.69 Å². The normalized spacial score (nSPS) is 30.0. The zero-order chi connectivity index (χ0) is 10.0. The summed E-state index contributed by atoms with van der Waals surface area (Å²) in [6.45, 7) is 4.20. The second-order valence-electron chi connectivity index (χ2n) is 3.85. The lowest BCUT2D eigenvalue weighted by molar-refractivity contribution is 0.151. The first-order valence-electron chi connectivity index (χ1n) is 4.87. The largest absolute Gasteiger partial charge is 0.496 e. The van der Waals surface area contributed by atoms with Crippen LogP contribution in [0.5, 0.6) is 0 Å². The van der Waals surface area contributed by atoms with Gasteiger partial charge in [-0.15, -0.1) is 0 Å². The van der Waals surface area contributed by atoms with Crippen LogP contribution in [0.15, 0.2) is 42.7 Å². The van der Waals surface area contributed by atoms with Gasteiger partial charge in [0.05, 0.1) is 11.8 Å². The van der Waals surface area contributed by atoms with Crippen molar-refractivity contribution in [3.63, 3.8) is 0 Å². The third kappa shape index (κ3) is 1.60. The first kappa shape index (κ1) is 9.13. The van der Waals surface area contributed by atoms with E-state index in [4.69, 9.17) is 4.74 Å². The molecule has 0 radical (unpaired) electrons. The van der Waals surface area contributed by atoms with Crippen molar-refractivity contribution in [1.82, 2.24) is 0 Å². The van der Waals surface area contributed by atoms with Crippen LogP contribution in [0.1, 0.15) is 13.8 Å². The maximum atomic E-state index is 5.40. The fourth-order valence-corrected chi connectivity index (χ4v) is 1.55. The van der Waals surface area contributed by atoms with Gasteiger partial charge < -0.3 is 10.1 Å². The summed E-state index contributed by atoms with van der Waals surface area (Å²) in [7, 11) is 0. The second kappa shape index (κ2) is 3.37. The topological polar surface area (TPSA) is 21.3 Å². The summed E-state index contributed by atoms with van der Waals surface area (Å²) in [6.07, 6.45) is 3.99. The summed E-state index contributed by atoms with van der Waals surface area (Å²) >= 11 is 0. The molecule has 0 amide bonds. The highest BCUT2D eigenvalue weighted by atomic mass is 16.5. The molecule has 0 saturated carbocycles. The molecular weight excluding hydrogens is 174 g/mol. The summed E-state index contributed by atoms with van der Waals surface area (Å²) in [5, 5.41) is 3.46. The number of para-hydroxylation sites is 1. The molecular formula is C12H15NO. The van der Waals surface area contributed by atoms with E-state index in [0.717, 1.165) is 5.69 Å². The minimum atomic E-state index is -0.0959. The Balaban J connectivity index is 2.15. The third-order valence-electron chi connectivity index (χ3n) is 2.73. The van der Waals surface area contributed by atoms with Crippen LogP contribution in [-0.4, -0.2) is 11.6 Å². The zero-order valence-electron chi connectivity index (χ0n) is 8.53. The zero-order valence-corrected chi connectivity index (χ0v) is 8.53. The predicted molar refractivity (Wildman–Crippen MR) is 58.2 cm³/mol. The van der Waals surface area contributed by atoms with Crippen molar-refractivity contribution < 1.29 is 4.74 Å². The van der Waals surface area contributed by atoms with Crippen LogP contribution in [0.4, 0.5) is 5.69 Å². The summed E-state index contributed by atoms with van der Waals surface area (Å²) in [5.41, 5.74) is 1.03. The second-order valence-corrected chi connectivity index (χ2v) is 3.85. The van der Waals surface area contributed by atoms with E-state index >= 15 is 0 Å². The van der Waals surface area contributed by atoms with Crippen molar-refractivity contribution in [2.24, 2.45) is 0 Å². The Bertz CT molecular complexity index is 333. The molecule has 14 heavy (non-hydrogen) atoms. The van der Waals surface area contributed by atoms with Crippen molar-refractivity contribution in [1.29, 1.82) is 0 Å². The molecule has 2 heteroatoms. The van der Waals surface area contributed by atoms with E-state index < -0.39 is 0 Å². The molecule has 2 nitrogen and oxygen atoms in total. The Morgan fingerprint density at radius 1 is 1.29 bits per heavy atom. The summed E-state index contributed by atoms with van der Waals surface area (Å²) < 4.78 is 5.40. The van der Waals surface area contributed by atoms with Gasteiger partial charge in [-0.2, -0.15) is 0 Å². The first-order valence-corrected chi connectivity index (χ1v) is 4.87. The van der Waals surface area contributed by atoms with Gasteiger partial charge in [-0.1, -0.05) is 18.2 Å². The minimum absolute atomic E-state index is 0.0959. The number of hydrogen-bond donors (Lipinski definition) is 1. The molecule has 0 bridgehead atoms. The fourth-order valence-electron chi connectivity index (χ4n) is 1.55. The van der Waals surface area contributed by atoms with Crippen LogP contribution in [0.3, 0.4) is 0 Å². The van der Waals surface area contributed by atoms with Crippen LogP contribution < -0.4 is 5.32 Å². The van der Waals surface area contributed by atoms with Crippen LogP contribution >= 0.6 is 0 Å². The van der Waals surface area contributed by atoms with Gasteiger partial charge in [-0.25, -0.2) is 0 Å². The Labute approximate surface area is 84.6 Å². The lowest BCUT2D eigenvalue weighted by Gasteiger charge is -2.28. The average Bonchev–Trinajstić information content (AvgIpc) is 2.48. The monoisotopic (exact) mass is 189 g/mol. The molecule has 1 aromatic rings. The molecule has 0 saturated heterocycles. The Kier molecular flexibility index (Phi) is 2.20. The predicted octanol–water partition coefficient (Wildman–Crippen LogP) is 2.79. The van der Waals surface area contributed by atoms with Gasteiger partial charge in [0.1, 0.15) is 6.10 Å². The quantitative estimate of drug-likeness (QED) is 0.772. The highest BCUT2D eigenvalue weighted by Crippen LogP contribution is 2.26. The molecule has 2 unspecified atom stereocenters. The third-order valence-corrected chi connectivity index (χ3v) is 2.73. The standard InChI is InChI=1S/C12H15NO/c1-10-12(2,8-9-14-10)13-11-6-4-3-5-7-11/h3-10,13H,1-2H3. The Hall–Kier alpha value is -1.44. The number of nitrogens with one attached hydrogen (secondary N) is 1. The Morgan fingerprint density at radius 2 is 2.00 bits per heavy atom. The minimum Gasteiger partial charge on any atom is -0.496 e. The van der Waals surface area contributed by atoms with E-state index in [-0.39, 0.29) is 11.6 Å². The van der Waals surface area contributed by atoms with E-state index in [0.29, 0.717) is 0 Å². The van der Waals surface area contributed by atoms with Crippen molar-refractivity contribution in [3.8, 4) is 0 Å². The molecule has 2 rings (SSSR count). The highest BCUT2D eigenvalue weighted by Gasteiger charge is 2.33. The SMILES string of the molecule is CC1OC=CC1(C)Nc1ccccc1. The van der Waals surface area contributed by atoms with E-state index in [9.17, 15) is 0 Å². The van der Waals surface area contributed by atoms with Crippen LogP contribution in [-0.2, 0) is 4.74 Å². The number of rotatable bonds is 2. The van der Waals surface area contributed by atoms with E-state index in [2.05, 4.69) is 37.4 Å². The van der Waals surface area contributed by atoms with Crippen LogP contribution in [0.25, 0.3) is 0 Å². The van der Waals surface area contributed by atoms with E-state index in [1.54, 1.807) is 6.26 Å². The van der Waals surface area contributed by atoms with Gasteiger partial charge in [-0.3, -0.25) is 0 Å². The molecule has 1 N–H and O–H groups in total. The van der Waals surface area contributed by atoms with Crippen molar-refractivity contribution in [3.05, 3.63) is 42.7 Å². The van der Waals surface area contributed by atoms with Gasteiger partial charge in [-0.05, 0) is 32.1 Å². The van der Waals surface area contributed by atoms with E-state index in [1.165, 1.54) is 0 Å². The number of hydrogen-bond acceptors (Lipinski definition) is 2. The molecule has 74 valence electrons. The molecule has 0 aliphatic carbocycles. The van der Waals surface area contributed by atoms with Crippen LogP contribution in [0, 0.1) is 0 Å². The van der Waals surface area contributed by atoms with Gasteiger partial charge in [0, 0.05) is 5.69 Å². The molecule has 0 aromatic heterocycles. The van der Waals surface area contributed by atoms with Gasteiger partial charge in [0.25, 0.3) is 0 Å². The summed E-state index contributed by atoms with van der Waals surface area (Å²) in [4.78, 5) is 0. The Morgan fingerprint density at radius 3 is 2.57 bits per heavy atom. The molecule has 1 aromatic carbocycles. The molecule has 1 aliphatic rings. The number of benzene rings is 1. The van der Waals surface area contributed by atoms with Crippen LogP contribution in [0.2, 0.25) is 0 Å². The lowest BCUT2D eigenvalue weighted by Crippen LogP contribution is -2.40. The fraction of sp³-hybridized carbons (Fsp3) is 0.333. The maximum absolute atomic E-state index is 5.40. The van der Waals surface area contributed by atoms with Gasteiger partial charge in [0.2, 0.25) is 0 Å². The molecule has 2 atom stereocenters. The molecule has 1 aliphatic heterocycles. The van der Waals surface area contributed by atoms with Gasteiger partial charge in [0.15, 0.2) is 0 Å². The number of anilines is 1. The highest BCUT2D eigenvalue weighted by molar-refractivity contribution is 5.47. The summed E-state index contributed by atoms with van der Waals surface area (Å²) in [6, 6.07) is 10.2. The van der Waals surface area contributed by atoms with Crippen molar-refractivity contribution in [2.75, 3.05) is 5.32 Å². The number of ether oxygens (including phenoxy) is 1. The average molecular weight is 189 g/mol. The molecule has 1 heterocycles. The molecule has 0 fully saturated rings. The van der Waals surface area contributed by atoms with Crippen molar-refractivity contribution in [2.45, 2.75) is 25.5 Å². The lowest BCUT2D eigenvalue weighted by atomic mass is 9.97. The summed E-state index contributed by atoms with van der Waals surface area (Å²) in [5.74, 6) is 0. The first-order chi connectivity index (χ1) is 6.71. The van der Waals surface area contributed by atoms with E-state index in [1.807, 2.05) is 18.2 Å². The smallest absolute Gasteiger partial charge is 0.121 e.